The van der Waals surface area contributed by atoms with E-state index in [9.17, 15) is 9.59 Å². The van der Waals surface area contributed by atoms with E-state index < -0.39 is 0 Å². The minimum Gasteiger partial charge on any atom is -0.399 e. The zero-order chi connectivity index (χ0) is 13.4. The van der Waals surface area contributed by atoms with Crippen molar-refractivity contribution in [3.63, 3.8) is 0 Å². The SMILES string of the molecule is CCNC(=O)CCNC(=O)Nc1ccc(N)cc1. The Bertz CT molecular complexity index is 403. The lowest BCUT2D eigenvalue weighted by Gasteiger charge is -2.07. The van der Waals surface area contributed by atoms with E-state index in [1.54, 1.807) is 24.3 Å². The van der Waals surface area contributed by atoms with Crippen molar-refractivity contribution in [1.29, 1.82) is 0 Å². The Morgan fingerprint density at radius 1 is 1.17 bits per heavy atom. The van der Waals surface area contributed by atoms with Crippen LogP contribution in [0, 0.1) is 0 Å². The molecule has 0 spiro atoms. The maximum Gasteiger partial charge on any atom is 0.319 e. The largest absolute Gasteiger partial charge is 0.399 e. The molecule has 3 amide bonds. The first kappa shape index (κ1) is 13.8. The Morgan fingerprint density at radius 3 is 2.44 bits per heavy atom. The Hall–Kier alpha value is -2.24. The highest BCUT2D eigenvalue weighted by molar-refractivity contribution is 5.89. The summed E-state index contributed by atoms with van der Waals surface area (Å²) >= 11 is 0. The first-order valence-electron chi connectivity index (χ1n) is 5.79. The summed E-state index contributed by atoms with van der Waals surface area (Å²) in [6.45, 7) is 2.74. The molecule has 0 radical (unpaired) electrons. The molecule has 5 N–H and O–H groups in total. The molecule has 0 heterocycles. The fraction of sp³-hybridized carbons (Fsp3) is 0.333. The molecule has 98 valence electrons. The summed E-state index contributed by atoms with van der Waals surface area (Å²) in [5, 5.41) is 7.88. The average molecular weight is 250 g/mol. The van der Waals surface area contributed by atoms with Gasteiger partial charge in [-0.1, -0.05) is 0 Å². The molecule has 0 unspecified atom stereocenters. The number of amides is 3. The van der Waals surface area contributed by atoms with Crippen LogP contribution >= 0.6 is 0 Å². The van der Waals surface area contributed by atoms with Crippen LogP contribution < -0.4 is 21.7 Å². The minimum atomic E-state index is -0.343. The van der Waals surface area contributed by atoms with Gasteiger partial charge in [0.2, 0.25) is 5.91 Å². The quantitative estimate of drug-likeness (QED) is 0.585. The highest BCUT2D eigenvalue weighted by Gasteiger charge is 2.03. The van der Waals surface area contributed by atoms with Gasteiger partial charge in [-0.25, -0.2) is 4.79 Å². The van der Waals surface area contributed by atoms with Crippen LogP contribution in [0.25, 0.3) is 0 Å². The van der Waals surface area contributed by atoms with E-state index in [4.69, 9.17) is 5.73 Å². The maximum absolute atomic E-state index is 11.5. The van der Waals surface area contributed by atoms with Crippen LogP contribution in [-0.4, -0.2) is 25.0 Å². The van der Waals surface area contributed by atoms with Crippen molar-refractivity contribution >= 4 is 23.3 Å². The van der Waals surface area contributed by atoms with E-state index in [1.807, 2.05) is 6.92 Å². The molecule has 0 aliphatic carbocycles. The first-order valence-corrected chi connectivity index (χ1v) is 5.79. The zero-order valence-electron chi connectivity index (χ0n) is 10.3. The van der Waals surface area contributed by atoms with Gasteiger partial charge in [0.15, 0.2) is 0 Å². The second kappa shape index (κ2) is 7.16. The third-order valence-electron chi connectivity index (χ3n) is 2.18. The summed E-state index contributed by atoms with van der Waals surface area (Å²) < 4.78 is 0. The molecule has 0 bridgehead atoms. The summed E-state index contributed by atoms with van der Waals surface area (Å²) in [6.07, 6.45) is 0.267. The molecule has 0 aromatic heterocycles. The van der Waals surface area contributed by atoms with Crippen LogP contribution in [0.1, 0.15) is 13.3 Å². The van der Waals surface area contributed by atoms with Crippen LogP contribution in [0.4, 0.5) is 16.2 Å². The predicted molar refractivity (Wildman–Crippen MR) is 71.2 cm³/mol. The number of hydrogen-bond donors (Lipinski definition) is 4. The number of benzene rings is 1. The number of rotatable bonds is 5. The summed E-state index contributed by atoms with van der Waals surface area (Å²) in [6, 6.07) is 6.47. The van der Waals surface area contributed by atoms with Gasteiger partial charge in [-0.05, 0) is 31.2 Å². The second-order valence-electron chi connectivity index (χ2n) is 3.71. The van der Waals surface area contributed by atoms with E-state index in [0.717, 1.165) is 0 Å². The molecular weight excluding hydrogens is 232 g/mol. The molecular formula is C12H18N4O2. The number of hydrogen-bond acceptors (Lipinski definition) is 3. The third kappa shape index (κ3) is 5.20. The van der Waals surface area contributed by atoms with Crippen LogP contribution in [0.5, 0.6) is 0 Å². The fourth-order valence-corrected chi connectivity index (χ4v) is 1.32. The van der Waals surface area contributed by atoms with Gasteiger partial charge >= 0.3 is 6.03 Å². The van der Waals surface area contributed by atoms with Gasteiger partial charge in [-0.15, -0.1) is 0 Å². The smallest absolute Gasteiger partial charge is 0.319 e. The molecule has 1 rings (SSSR count). The minimum absolute atomic E-state index is 0.0784. The Kier molecular flexibility index (Phi) is 5.50. The molecule has 1 aromatic carbocycles. The lowest BCUT2D eigenvalue weighted by atomic mass is 10.3. The van der Waals surface area contributed by atoms with Crippen LogP contribution in [-0.2, 0) is 4.79 Å². The number of nitrogens with one attached hydrogen (secondary N) is 3. The van der Waals surface area contributed by atoms with Gasteiger partial charge in [0.25, 0.3) is 0 Å². The van der Waals surface area contributed by atoms with E-state index in [1.165, 1.54) is 0 Å². The van der Waals surface area contributed by atoms with Gasteiger partial charge in [-0.2, -0.15) is 0 Å². The zero-order valence-corrected chi connectivity index (χ0v) is 10.3. The van der Waals surface area contributed by atoms with Crippen molar-refractivity contribution < 1.29 is 9.59 Å². The van der Waals surface area contributed by atoms with Crippen LogP contribution in [0.2, 0.25) is 0 Å². The lowest BCUT2D eigenvalue weighted by Crippen LogP contribution is -2.33. The van der Waals surface area contributed by atoms with E-state index in [0.29, 0.717) is 24.5 Å². The number of anilines is 2. The van der Waals surface area contributed by atoms with E-state index >= 15 is 0 Å². The van der Waals surface area contributed by atoms with Gasteiger partial charge in [0.05, 0.1) is 0 Å². The maximum atomic E-state index is 11.5. The predicted octanol–water partition coefficient (Wildman–Crippen LogP) is 0.916. The van der Waals surface area contributed by atoms with Gasteiger partial charge < -0.3 is 21.7 Å². The van der Waals surface area contributed by atoms with Crippen molar-refractivity contribution in [3.05, 3.63) is 24.3 Å². The highest BCUT2D eigenvalue weighted by atomic mass is 16.2. The average Bonchev–Trinajstić information content (AvgIpc) is 2.32. The summed E-state index contributed by atoms with van der Waals surface area (Å²) in [5.41, 5.74) is 6.82. The van der Waals surface area contributed by atoms with Crippen molar-refractivity contribution in [2.75, 3.05) is 24.1 Å². The van der Waals surface area contributed by atoms with E-state index in [2.05, 4.69) is 16.0 Å². The fourth-order valence-electron chi connectivity index (χ4n) is 1.32. The van der Waals surface area contributed by atoms with Crippen molar-refractivity contribution in [3.8, 4) is 0 Å². The van der Waals surface area contributed by atoms with Crippen molar-refractivity contribution in [2.24, 2.45) is 0 Å². The molecule has 18 heavy (non-hydrogen) atoms. The van der Waals surface area contributed by atoms with E-state index in [-0.39, 0.29) is 18.4 Å². The normalized spacial score (nSPS) is 9.61. The molecule has 1 aromatic rings. The Morgan fingerprint density at radius 2 is 1.83 bits per heavy atom. The van der Waals surface area contributed by atoms with Crippen molar-refractivity contribution in [1.82, 2.24) is 10.6 Å². The topological polar surface area (TPSA) is 96.2 Å². The highest BCUT2D eigenvalue weighted by Crippen LogP contribution is 2.09. The van der Waals surface area contributed by atoms with Crippen molar-refractivity contribution in [2.45, 2.75) is 13.3 Å². The number of carbonyl (C=O) groups is 2. The second-order valence-corrected chi connectivity index (χ2v) is 3.71. The first-order chi connectivity index (χ1) is 8.61. The summed E-state index contributed by atoms with van der Waals surface area (Å²) in [4.78, 5) is 22.6. The van der Waals surface area contributed by atoms with Gasteiger partial charge in [-0.3, -0.25) is 4.79 Å². The molecule has 0 saturated carbocycles. The number of nitrogen functional groups attached to an aromatic ring is 1. The monoisotopic (exact) mass is 250 g/mol. The number of urea groups is 1. The molecule has 0 saturated heterocycles. The summed E-state index contributed by atoms with van der Waals surface area (Å²) in [7, 11) is 0. The molecule has 6 heteroatoms. The molecule has 0 atom stereocenters. The number of carbonyl (C=O) groups excluding carboxylic acids is 2. The standard InChI is InChI=1S/C12H18N4O2/c1-2-14-11(17)7-8-15-12(18)16-10-5-3-9(13)4-6-10/h3-6H,2,7-8,13H2,1H3,(H,14,17)(H2,15,16,18). The van der Waals surface area contributed by atoms with Crippen LogP contribution in [0.3, 0.4) is 0 Å². The third-order valence-corrected chi connectivity index (χ3v) is 2.18. The van der Waals surface area contributed by atoms with Gasteiger partial charge in [0, 0.05) is 30.9 Å². The molecule has 0 aliphatic heterocycles. The van der Waals surface area contributed by atoms with Crippen LogP contribution in [0.15, 0.2) is 24.3 Å². The Labute approximate surface area is 106 Å². The summed E-state index contributed by atoms with van der Waals surface area (Å²) in [5.74, 6) is -0.0784. The Balaban J connectivity index is 2.25. The lowest BCUT2D eigenvalue weighted by molar-refractivity contribution is -0.120. The molecule has 6 nitrogen and oxygen atoms in total. The molecule has 0 aliphatic rings. The molecule has 0 fully saturated rings. The van der Waals surface area contributed by atoms with Gasteiger partial charge in [0.1, 0.15) is 0 Å². The number of nitrogens with two attached hydrogens (primary N) is 1.